The molecule has 0 aliphatic rings. The lowest BCUT2D eigenvalue weighted by molar-refractivity contribution is 0.362. The van der Waals surface area contributed by atoms with E-state index < -0.39 is 0 Å². The van der Waals surface area contributed by atoms with Crippen molar-refractivity contribution in [3.63, 3.8) is 0 Å². The molecule has 0 fully saturated rings. The van der Waals surface area contributed by atoms with Gasteiger partial charge in [0.1, 0.15) is 34.3 Å². The molecule has 15 heteroatoms. The zero-order valence-corrected chi connectivity index (χ0v) is 29.0. The molecule has 51 heavy (non-hydrogen) atoms. The van der Waals surface area contributed by atoms with Crippen LogP contribution in [0.15, 0.2) is 91.4 Å². The van der Waals surface area contributed by atoms with E-state index >= 15 is 0 Å². The Morgan fingerprint density at radius 3 is 0.980 bits per heavy atom. The van der Waals surface area contributed by atoms with Crippen LogP contribution >= 0.6 is 0 Å². The second kappa shape index (κ2) is 14.2. The van der Waals surface area contributed by atoms with E-state index in [1.807, 2.05) is 115 Å². The fourth-order valence-corrected chi connectivity index (χ4v) is 4.91. The molecule has 0 radical (unpaired) electrons. The van der Waals surface area contributed by atoms with Gasteiger partial charge in [-0.05, 0) is 77.9 Å². The molecule has 7 aromatic rings. The molecule has 0 aliphatic heterocycles. The van der Waals surface area contributed by atoms with Crippen molar-refractivity contribution < 1.29 is 14.2 Å². The van der Waals surface area contributed by atoms with Crippen molar-refractivity contribution in [1.29, 1.82) is 0 Å². The van der Waals surface area contributed by atoms with Crippen LogP contribution in [0.2, 0.25) is 0 Å². The van der Waals surface area contributed by atoms with Crippen LogP contribution < -0.4 is 14.2 Å². The maximum atomic E-state index is 6.17. The lowest BCUT2D eigenvalue weighted by Crippen LogP contribution is -2.01. The standard InChI is InChI=1S/C36H36N12O3/c1-22(2)46-19-31(40-43-46)25-10-7-13-28(16-25)49-34-37-35(50-29-14-8-11-26(17-29)32-20-47(23(3)4)44-41-32)39-36(38-34)51-30-15-9-12-27(18-30)33-21-48(24(5)6)45-42-33/h7-24H,1-6H3. The molecule has 0 atom stereocenters. The second-order valence-electron chi connectivity index (χ2n) is 12.6. The largest absolute Gasteiger partial charge is 0.424 e. The summed E-state index contributed by atoms with van der Waals surface area (Å²) in [6.07, 6.45) is 5.67. The third-order valence-electron chi connectivity index (χ3n) is 7.71. The summed E-state index contributed by atoms with van der Waals surface area (Å²) in [4.78, 5) is 13.4. The normalized spacial score (nSPS) is 11.5. The van der Waals surface area contributed by atoms with Crippen LogP contribution in [0.4, 0.5) is 0 Å². The number of hydrogen-bond donors (Lipinski definition) is 0. The van der Waals surface area contributed by atoms with Gasteiger partial charge >= 0.3 is 18.0 Å². The summed E-state index contributed by atoms with van der Waals surface area (Å²) in [5.74, 6) is 1.42. The van der Waals surface area contributed by atoms with Gasteiger partial charge in [-0.3, -0.25) is 0 Å². The van der Waals surface area contributed by atoms with E-state index in [0.29, 0.717) is 34.3 Å². The second-order valence-corrected chi connectivity index (χ2v) is 12.6. The van der Waals surface area contributed by atoms with E-state index in [0.717, 1.165) is 16.7 Å². The van der Waals surface area contributed by atoms with Crippen LogP contribution in [0.25, 0.3) is 33.8 Å². The molecule has 0 bridgehead atoms. The number of rotatable bonds is 12. The van der Waals surface area contributed by atoms with Crippen molar-refractivity contribution in [3.8, 4) is 69.1 Å². The smallest absolute Gasteiger partial charge is 0.331 e. The summed E-state index contributed by atoms with van der Waals surface area (Å²) in [6.45, 7) is 12.2. The summed E-state index contributed by atoms with van der Waals surface area (Å²) in [5.41, 5.74) is 4.58. The SMILES string of the molecule is CC(C)n1cc(-c2cccc(Oc3nc(Oc4cccc(-c5cn(C(C)C)nn5)c4)nc(Oc4cccc(-c5cn(C(C)C)nn5)c4)n3)c2)nn1. The van der Waals surface area contributed by atoms with Gasteiger partial charge in [0.15, 0.2) is 0 Å². The molecule has 4 aromatic heterocycles. The van der Waals surface area contributed by atoms with Crippen LogP contribution in [0, 0.1) is 0 Å². The summed E-state index contributed by atoms with van der Waals surface area (Å²) in [7, 11) is 0. The molecule has 15 nitrogen and oxygen atoms in total. The van der Waals surface area contributed by atoms with Crippen LogP contribution in [0.5, 0.6) is 35.3 Å². The lowest BCUT2D eigenvalue weighted by Gasteiger charge is -2.11. The first-order valence-corrected chi connectivity index (χ1v) is 16.5. The van der Waals surface area contributed by atoms with Crippen LogP contribution in [0.3, 0.4) is 0 Å². The van der Waals surface area contributed by atoms with Gasteiger partial charge in [0.2, 0.25) is 0 Å². The van der Waals surface area contributed by atoms with Gasteiger partial charge < -0.3 is 14.2 Å². The molecule has 0 aliphatic carbocycles. The Labute approximate surface area is 293 Å². The fourth-order valence-electron chi connectivity index (χ4n) is 4.91. The number of aromatic nitrogens is 12. The van der Waals surface area contributed by atoms with Crippen molar-refractivity contribution in [3.05, 3.63) is 91.4 Å². The first-order chi connectivity index (χ1) is 24.7. The summed E-state index contributed by atoms with van der Waals surface area (Å²) in [6, 6.07) is 22.7. The topological polar surface area (TPSA) is 158 Å². The lowest BCUT2D eigenvalue weighted by atomic mass is 10.1. The minimum Gasteiger partial charge on any atom is -0.424 e. The van der Waals surface area contributed by atoms with Crippen molar-refractivity contribution in [2.75, 3.05) is 0 Å². The summed E-state index contributed by atoms with van der Waals surface area (Å²) < 4.78 is 23.9. The highest BCUT2D eigenvalue weighted by Crippen LogP contribution is 2.31. The Kier molecular flexibility index (Phi) is 9.16. The van der Waals surface area contributed by atoms with Crippen LogP contribution in [-0.4, -0.2) is 59.9 Å². The van der Waals surface area contributed by atoms with Gasteiger partial charge in [0.05, 0.1) is 18.6 Å². The zero-order valence-electron chi connectivity index (χ0n) is 29.0. The third-order valence-corrected chi connectivity index (χ3v) is 7.71. The van der Waals surface area contributed by atoms with Crippen LogP contribution in [0.1, 0.15) is 59.7 Å². The number of benzene rings is 3. The monoisotopic (exact) mass is 684 g/mol. The Hall–Kier alpha value is -6.51. The predicted molar refractivity (Wildman–Crippen MR) is 188 cm³/mol. The van der Waals surface area contributed by atoms with Gasteiger partial charge in [-0.2, -0.15) is 0 Å². The maximum absolute atomic E-state index is 6.17. The molecule has 258 valence electrons. The molecule has 0 spiro atoms. The van der Waals surface area contributed by atoms with Gasteiger partial charge in [-0.1, -0.05) is 52.0 Å². The molecule has 7 rings (SSSR count). The van der Waals surface area contributed by atoms with Crippen LogP contribution in [-0.2, 0) is 0 Å². The van der Waals surface area contributed by atoms with Gasteiger partial charge in [-0.25, -0.2) is 14.0 Å². The quantitative estimate of drug-likeness (QED) is 0.123. The maximum Gasteiger partial charge on any atom is 0.331 e. The highest BCUT2D eigenvalue weighted by atomic mass is 16.5. The van der Waals surface area contributed by atoms with Crippen molar-refractivity contribution >= 4 is 0 Å². The average molecular weight is 685 g/mol. The van der Waals surface area contributed by atoms with E-state index in [1.165, 1.54) is 0 Å². The van der Waals surface area contributed by atoms with E-state index in [2.05, 4.69) is 45.9 Å². The van der Waals surface area contributed by atoms with Gasteiger partial charge in [-0.15, -0.1) is 30.2 Å². The molecular formula is C36H36N12O3. The average Bonchev–Trinajstić information content (AvgIpc) is 3.91. The fraction of sp³-hybridized carbons (Fsp3) is 0.250. The number of ether oxygens (including phenoxy) is 3. The minimum absolute atomic E-state index is 0.0370. The third kappa shape index (κ3) is 7.72. The Bertz CT molecular complexity index is 2010. The van der Waals surface area contributed by atoms with Crippen molar-refractivity contribution in [2.24, 2.45) is 0 Å². The molecular weight excluding hydrogens is 648 g/mol. The Morgan fingerprint density at radius 1 is 0.431 bits per heavy atom. The summed E-state index contributed by atoms with van der Waals surface area (Å²) in [5, 5.41) is 25.6. The highest BCUT2D eigenvalue weighted by molar-refractivity contribution is 5.62. The summed E-state index contributed by atoms with van der Waals surface area (Å²) >= 11 is 0. The Balaban J connectivity index is 1.20. The molecule has 3 aromatic carbocycles. The molecule has 4 heterocycles. The van der Waals surface area contributed by atoms with Crippen molar-refractivity contribution in [1.82, 2.24) is 59.9 Å². The zero-order chi connectivity index (χ0) is 35.5. The Morgan fingerprint density at radius 2 is 0.725 bits per heavy atom. The molecule has 0 amide bonds. The van der Waals surface area contributed by atoms with Gasteiger partial charge in [0.25, 0.3) is 0 Å². The van der Waals surface area contributed by atoms with Crippen molar-refractivity contribution in [2.45, 2.75) is 59.7 Å². The first-order valence-electron chi connectivity index (χ1n) is 16.5. The molecule has 0 unspecified atom stereocenters. The first kappa shape index (κ1) is 33.0. The number of nitrogens with zero attached hydrogens (tertiary/aromatic N) is 12. The predicted octanol–water partition coefficient (Wildman–Crippen LogP) is 7.77. The van der Waals surface area contributed by atoms with Gasteiger partial charge in [0, 0.05) is 34.8 Å². The van der Waals surface area contributed by atoms with E-state index in [-0.39, 0.29) is 36.2 Å². The van der Waals surface area contributed by atoms with E-state index in [1.54, 1.807) is 32.2 Å². The number of hydrogen-bond acceptors (Lipinski definition) is 12. The molecule has 0 N–H and O–H groups in total. The highest BCUT2D eigenvalue weighted by Gasteiger charge is 2.16. The molecule has 0 saturated carbocycles. The molecule has 0 saturated heterocycles. The minimum atomic E-state index is -0.0370. The van der Waals surface area contributed by atoms with E-state index in [9.17, 15) is 0 Å². The van der Waals surface area contributed by atoms with E-state index in [4.69, 9.17) is 14.2 Å².